The lowest BCUT2D eigenvalue weighted by Crippen LogP contribution is -2.29. The Bertz CT molecular complexity index is 1250. The van der Waals surface area contributed by atoms with Crippen molar-refractivity contribution in [2.24, 2.45) is 0 Å². The molecule has 0 bridgehead atoms. The molecule has 1 saturated heterocycles. The Labute approximate surface area is 201 Å². The molecule has 2 aromatic carbocycles. The number of thiocarbonyl (C=S) groups is 1. The van der Waals surface area contributed by atoms with Gasteiger partial charge in [0.2, 0.25) is 0 Å². The Hall–Kier alpha value is -2.96. The zero-order chi connectivity index (χ0) is 22.2. The van der Waals surface area contributed by atoms with E-state index < -0.39 is 0 Å². The average Bonchev–Trinajstić information content (AvgIpc) is 3.39. The molecule has 1 aliphatic rings. The van der Waals surface area contributed by atoms with E-state index in [0.29, 0.717) is 5.11 Å². The lowest BCUT2D eigenvalue weighted by Gasteiger charge is -2.26. The highest BCUT2D eigenvalue weighted by Gasteiger charge is 2.42. The van der Waals surface area contributed by atoms with Crippen LogP contribution in [0.3, 0.4) is 0 Å². The summed E-state index contributed by atoms with van der Waals surface area (Å²) in [5, 5.41) is 4.16. The second kappa shape index (κ2) is 8.52. The minimum Gasteiger partial charge on any atom is -0.459 e. The van der Waals surface area contributed by atoms with Crippen molar-refractivity contribution in [2.45, 2.75) is 25.9 Å². The fraction of sp³-hybridized carbons (Fsp3) is 0.154. The van der Waals surface area contributed by atoms with Crippen LogP contribution in [-0.4, -0.2) is 10.1 Å². The highest BCUT2D eigenvalue weighted by Crippen LogP contribution is 2.43. The molecule has 3 heterocycles. The Kier molecular flexibility index (Phi) is 5.57. The molecular weight excluding hydrogens is 482 g/mol. The summed E-state index contributed by atoms with van der Waals surface area (Å²) in [4.78, 5) is 6.76. The van der Waals surface area contributed by atoms with Crippen LogP contribution in [0.1, 0.15) is 34.7 Å². The van der Waals surface area contributed by atoms with Gasteiger partial charge in [0, 0.05) is 21.9 Å². The topological polar surface area (TPSA) is 41.3 Å². The van der Waals surface area contributed by atoms with Crippen molar-refractivity contribution < 1.29 is 4.42 Å². The van der Waals surface area contributed by atoms with E-state index in [1.165, 1.54) is 11.1 Å². The van der Waals surface area contributed by atoms with Crippen molar-refractivity contribution in [2.75, 3.05) is 4.90 Å². The maximum atomic E-state index is 6.42. The largest absolute Gasteiger partial charge is 0.459 e. The molecule has 0 unspecified atom stereocenters. The summed E-state index contributed by atoms with van der Waals surface area (Å²) in [7, 11) is 0. The van der Waals surface area contributed by atoms with E-state index in [-0.39, 0.29) is 12.1 Å². The van der Waals surface area contributed by atoms with Gasteiger partial charge < -0.3 is 14.6 Å². The standard InChI is InChI=1S/C26H22BrN3OS/c1-16-13-17(2)15-20(14-16)30-25(24(29-26(30)32)21-5-3-4-12-28-21)23-11-10-22(31-23)18-6-8-19(27)9-7-18/h3-15,24-25H,1-2H3,(H,29,32)/t24-,25+/m0/s1. The molecule has 0 radical (unpaired) electrons. The SMILES string of the molecule is Cc1cc(C)cc(N2C(=S)N[C@@H](c3ccccn3)[C@H]2c2ccc(-c3ccc(Br)cc3)o2)c1. The first-order valence-corrected chi connectivity index (χ1v) is 11.6. The molecule has 1 aliphatic heterocycles. The van der Waals surface area contributed by atoms with Crippen molar-refractivity contribution >= 4 is 38.9 Å². The quantitative estimate of drug-likeness (QED) is 0.306. The van der Waals surface area contributed by atoms with Crippen molar-refractivity contribution in [3.05, 3.63) is 106 Å². The molecule has 0 spiro atoms. The number of nitrogens with one attached hydrogen (secondary N) is 1. The summed E-state index contributed by atoms with van der Waals surface area (Å²) < 4.78 is 7.46. The van der Waals surface area contributed by atoms with Crippen LogP contribution in [0.2, 0.25) is 0 Å². The first kappa shape index (κ1) is 20.9. The molecule has 32 heavy (non-hydrogen) atoms. The molecule has 5 rings (SSSR count). The van der Waals surface area contributed by atoms with E-state index in [9.17, 15) is 0 Å². The van der Waals surface area contributed by atoms with E-state index in [0.717, 1.165) is 32.9 Å². The molecule has 0 amide bonds. The van der Waals surface area contributed by atoms with Gasteiger partial charge in [-0.1, -0.05) is 40.2 Å². The molecular formula is C26H22BrN3OS. The van der Waals surface area contributed by atoms with E-state index in [2.05, 4.69) is 63.2 Å². The molecule has 4 nitrogen and oxygen atoms in total. The number of aryl methyl sites for hydroxylation is 2. The van der Waals surface area contributed by atoms with Crippen LogP contribution >= 0.6 is 28.1 Å². The van der Waals surface area contributed by atoms with Gasteiger partial charge in [-0.3, -0.25) is 4.98 Å². The van der Waals surface area contributed by atoms with Crippen LogP contribution in [-0.2, 0) is 0 Å². The Balaban J connectivity index is 1.61. The summed E-state index contributed by atoms with van der Waals surface area (Å²) >= 11 is 9.31. The summed E-state index contributed by atoms with van der Waals surface area (Å²) in [5.41, 5.74) is 5.38. The number of aromatic nitrogens is 1. The predicted molar refractivity (Wildman–Crippen MR) is 136 cm³/mol. The molecule has 0 saturated carbocycles. The third-order valence-corrected chi connectivity index (χ3v) is 6.47. The minimum atomic E-state index is -0.164. The molecule has 0 aliphatic carbocycles. The first-order valence-electron chi connectivity index (χ1n) is 10.4. The molecule has 160 valence electrons. The zero-order valence-electron chi connectivity index (χ0n) is 17.7. The summed E-state index contributed by atoms with van der Waals surface area (Å²) in [6, 6.07) is 24.3. The van der Waals surface area contributed by atoms with Gasteiger partial charge in [0.1, 0.15) is 17.6 Å². The third-order valence-electron chi connectivity index (χ3n) is 5.63. The predicted octanol–water partition coefficient (Wildman–Crippen LogP) is 6.90. The number of furan rings is 1. The van der Waals surface area contributed by atoms with Gasteiger partial charge in [-0.05, 0) is 85.7 Å². The van der Waals surface area contributed by atoms with Crippen LogP contribution in [0.4, 0.5) is 5.69 Å². The number of hydrogen-bond acceptors (Lipinski definition) is 3. The lowest BCUT2D eigenvalue weighted by atomic mass is 10.0. The normalized spacial score (nSPS) is 18.1. The fourth-order valence-electron chi connectivity index (χ4n) is 4.29. The van der Waals surface area contributed by atoms with Gasteiger partial charge in [0.25, 0.3) is 0 Å². The zero-order valence-corrected chi connectivity index (χ0v) is 20.2. The third kappa shape index (κ3) is 3.96. The van der Waals surface area contributed by atoms with Crippen molar-refractivity contribution in [3.8, 4) is 11.3 Å². The number of hydrogen-bond donors (Lipinski definition) is 1. The number of anilines is 1. The fourth-order valence-corrected chi connectivity index (χ4v) is 4.90. The molecule has 2 aromatic heterocycles. The molecule has 4 aromatic rings. The summed E-state index contributed by atoms with van der Waals surface area (Å²) in [6.07, 6.45) is 1.81. The number of pyridine rings is 1. The highest BCUT2D eigenvalue weighted by molar-refractivity contribution is 9.10. The van der Waals surface area contributed by atoms with E-state index in [1.54, 1.807) is 0 Å². The maximum absolute atomic E-state index is 6.42. The molecule has 6 heteroatoms. The average molecular weight is 504 g/mol. The Morgan fingerprint density at radius 3 is 2.41 bits per heavy atom. The highest BCUT2D eigenvalue weighted by atomic mass is 79.9. The van der Waals surface area contributed by atoms with E-state index in [1.807, 2.05) is 60.8 Å². The first-order chi connectivity index (χ1) is 15.5. The van der Waals surface area contributed by atoms with Crippen molar-refractivity contribution in [1.82, 2.24) is 10.3 Å². The van der Waals surface area contributed by atoms with Crippen LogP contribution < -0.4 is 10.2 Å². The monoisotopic (exact) mass is 503 g/mol. The van der Waals surface area contributed by atoms with Gasteiger partial charge in [-0.2, -0.15) is 0 Å². The number of halogens is 1. The second-order valence-electron chi connectivity index (χ2n) is 8.05. The Morgan fingerprint density at radius 2 is 1.72 bits per heavy atom. The van der Waals surface area contributed by atoms with Gasteiger partial charge in [-0.25, -0.2) is 0 Å². The van der Waals surface area contributed by atoms with Crippen LogP contribution in [0.5, 0.6) is 0 Å². The van der Waals surface area contributed by atoms with Crippen LogP contribution in [0.15, 0.2) is 87.9 Å². The van der Waals surface area contributed by atoms with Crippen molar-refractivity contribution in [3.63, 3.8) is 0 Å². The van der Waals surface area contributed by atoms with Gasteiger partial charge in [0.05, 0.1) is 11.7 Å². The summed E-state index contributed by atoms with van der Waals surface area (Å²) in [5.74, 6) is 1.66. The molecule has 2 atom stereocenters. The van der Waals surface area contributed by atoms with Gasteiger partial charge in [0.15, 0.2) is 5.11 Å². The Morgan fingerprint density at radius 1 is 0.969 bits per heavy atom. The van der Waals surface area contributed by atoms with Crippen LogP contribution in [0.25, 0.3) is 11.3 Å². The molecule has 1 N–H and O–H groups in total. The van der Waals surface area contributed by atoms with Crippen molar-refractivity contribution in [1.29, 1.82) is 0 Å². The van der Waals surface area contributed by atoms with E-state index >= 15 is 0 Å². The van der Waals surface area contributed by atoms with E-state index in [4.69, 9.17) is 16.6 Å². The molecule has 1 fully saturated rings. The van der Waals surface area contributed by atoms with Crippen LogP contribution in [0, 0.1) is 13.8 Å². The second-order valence-corrected chi connectivity index (χ2v) is 9.35. The lowest BCUT2D eigenvalue weighted by molar-refractivity contribution is 0.439. The van der Waals surface area contributed by atoms with Gasteiger partial charge >= 0.3 is 0 Å². The number of rotatable bonds is 4. The summed E-state index contributed by atoms with van der Waals surface area (Å²) in [6.45, 7) is 4.21. The smallest absolute Gasteiger partial charge is 0.174 e. The van der Waals surface area contributed by atoms with Gasteiger partial charge in [-0.15, -0.1) is 0 Å². The maximum Gasteiger partial charge on any atom is 0.174 e. The minimum absolute atomic E-state index is 0.131. The number of nitrogens with zero attached hydrogens (tertiary/aromatic N) is 2. The number of benzene rings is 2.